The van der Waals surface area contributed by atoms with Crippen molar-refractivity contribution in [3.8, 4) is 5.69 Å². The van der Waals surface area contributed by atoms with Gasteiger partial charge in [-0.1, -0.05) is 87.0 Å². The highest BCUT2D eigenvalue weighted by Crippen LogP contribution is 2.49. The van der Waals surface area contributed by atoms with Crippen molar-refractivity contribution < 1.29 is 9.59 Å². The summed E-state index contributed by atoms with van der Waals surface area (Å²) in [6.07, 6.45) is 0.339. The van der Waals surface area contributed by atoms with Gasteiger partial charge in [-0.15, -0.1) is 0 Å². The molecule has 0 atom stereocenters. The Bertz CT molecular complexity index is 1500. The molecule has 6 heteroatoms. The molecule has 3 aromatic carbocycles. The molecule has 0 unspecified atom stereocenters. The molecule has 6 rings (SSSR count). The number of rotatable bonds is 3. The van der Waals surface area contributed by atoms with Gasteiger partial charge in [-0.3, -0.25) is 9.59 Å². The van der Waals surface area contributed by atoms with E-state index in [9.17, 15) is 9.59 Å². The van der Waals surface area contributed by atoms with Crippen LogP contribution in [0.5, 0.6) is 0 Å². The highest BCUT2D eigenvalue weighted by molar-refractivity contribution is 6.31. The summed E-state index contributed by atoms with van der Waals surface area (Å²) in [4.78, 5) is 30.1. The zero-order valence-electron chi connectivity index (χ0n) is 21.2. The van der Waals surface area contributed by atoms with Crippen LogP contribution >= 0.6 is 11.6 Å². The summed E-state index contributed by atoms with van der Waals surface area (Å²) < 4.78 is 1.98. The van der Waals surface area contributed by atoms with E-state index in [2.05, 4.69) is 25.7 Å². The van der Waals surface area contributed by atoms with Gasteiger partial charge in [-0.2, -0.15) is 5.10 Å². The number of para-hydroxylation sites is 1. The zero-order chi connectivity index (χ0) is 25.9. The minimum atomic E-state index is -1.17. The normalized spacial score (nSPS) is 16.3. The predicted octanol–water partition coefficient (Wildman–Crippen LogP) is 6.45. The van der Waals surface area contributed by atoms with Crippen LogP contribution in [0.2, 0.25) is 5.02 Å². The van der Waals surface area contributed by atoms with Crippen LogP contribution < -0.4 is 4.90 Å². The third kappa shape index (κ3) is 3.72. The number of fused-ring (bicyclic) bond motifs is 2. The molecule has 0 saturated carbocycles. The minimum absolute atomic E-state index is 0.0906. The quantitative estimate of drug-likeness (QED) is 0.298. The van der Waals surface area contributed by atoms with E-state index in [1.54, 1.807) is 12.1 Å². The second-order valence-corrected chi connectivity index (χ2v) is 11.5. The summed E-state index contributed by atoms with van der Waals surface area (Å²) in [5.74, 6) is 0.757. The molecule has 0 radical (unpaired) electrons. The molecule has 2 aliphatic rings. The maximum absolute atomic E-state index is 14.0. The third-order valence-electron chi connectivity index (χ3n) is 7.48. The Labute approximate surface area is 221 Å². The molecule has 0 saturated heterocycles. The molecule has 0 amide bonds. The highest BCUT2D eigenvalue weighted by Gasteiger charge is 2.57. The van der Waals surface area contributed by atoms with Crippen molar-refractivity contribution in [3.05, 3.63) is 112 Å². The minimum Gasteiger partial charge on any atom is -0.350 e. The fourth-order valence-electron chi connectivity index (χ4n) is 5.78. The fourth-order valence-corrected chi connectivity index (χ4v) is 5.91. The van der Waals surface area contributed by atoms with Gasteiger partial charge < -0.3 is 4.90 Å². The van der Waals surface area contributed by atoms with Crippen molar-refractivity contribution in [2.24, 2.45) is 5.41 Å². The predicted molar refractivity (Wildman–Crippen MR) is 146 cm³/mol. The number of Topliss-reactive ketones (excluding diaryl/α,β-unsaturated/α-hetero) is 2. The Hall–Kier alpha value is -3.70. The third-order valence-corrected chi connectivity index (χ3v) is 7.73. The van der Waals surface area contributed by atoms with Crippen LogP contribution in [0.1, 0.15) is 58.3 Å². The molecule has 186 valence electrons. The Kier molecular flexibility index (Phi) is 5.39. The van der Waals surface area contributed by atoms with Crippen molar-refractivity contribution in [1.82, 2.24) is 9.78 Å². The standard InChI is InChI=1S/C31H28ClN3O2/c1-30(2,3)26-25-17-31(27(36)23-11-7-8-12-24(23)28(31)37)19-34(18-20-13-15-21(32)16-14-20)29(25)35(33-26)22-9-5-4-6-10-22/h4-16H,17-19H2,1-3H3. The summed E-state index contributed by atoms with van der Waals surface area (Å²) in [7, 11) is 0. The van der Waals surface area contributed by atoms with Crippen LogP contribution in [-0.4, -0.2) is 27.9 Å². The molecule has 1 aliphatic carbocycles. The maximum atomic E-state index is 14.0. The Morgan fingerprint density at radius 1 is 0.865 bits per heavy atom. The van der Waals surface area contributed by atoms with Gasteiger partial charge in [0.25, 0.3) is 0 Å². The van der Waals surface area contributed by atoms with Gasteiger partial charge in [0.2, 0.25) is 0 Å². The topological polar surface area (TPSA) is 55.2 Å². The van der Waals surface area contributed by atoms with E-state index in [4.69, 9.17) is 16.7 Å². The molecule has 0 fully saturated rings. The highest BCUT2D eigenvalue weighted by atomic mass is 35.5. The van der Waals surface area contributed by atoms with Gasteiger partial charge in [0.15, 0.2) is 11.6 Å². The van der Waals surface area contributed by atoms with Gasteiger partial charge in [0.1, 0.15) is 11.2 Å². The molecule has 4 aromatic rings. The Morgan fingerprint density at radius 2 is 1.46 bits per heavy atom. The van der Waals surface area contributed by atoms with Gasteiger partial charge in [0.05, 0.1) is 11.4 Å². The van der Waals surface area contributed by atoms with Crippen molar-refractivity contribution >= 4 is 29.0 Å². The lowest BCUT2D eigenvalue weighted by molar-refractivity contribution is 0.0696. The molecule has 37 heavy (non-hydrogen) atoms. The van der Waals surface area contributed by atoms with Gasteiger partial charge in [-0.05, 0) is 36.2 Å². The SMILES string of the molecule is CC(C)(C)c1nn(-c2ccccc2)c2c1CC1(CN2Cc2ccc(Cl)cc2)C(=O)c2ccccc2C1=O. The van der Waals surface area contributed by atoms with E-state index < -0.39 is 5.41 Å². The smallest absolute Gasteiger partial charge is 0.179 e. The van der Waals surface area contributed by atoms with E-state index in [1.807, 2.05) is 71.4 Å². The summed E-state index contributed by atoms with van der Waals surface area (Å²) in [6.45, 7) is 7.19. The molecule has 1 spiro atoms. The van der Waals surface area contributed by atoms with E-state index >= 15 is 0 Å². The molecule has 2 heterocycles. The molecule has 1 aliphatic heterocycles. The number of halogens is 1. The Balaban J connectivity index is 1.58. The molecular formula is C31H28ClN3O2. The molecule has 0 bridgehead atoms. The number of aromatic nitrogens is 2. The monoisotopic (exact) mass is 509 g/mol. The van der Waals surface area contributed by atoms with Crippen LogP contribution in [0, 0.1) is 5.41 Å². The van der Waals surface area contributed by atoms with E-state index in [1.165, 1.54) is 0 Å². The van der Waals surface area contributed by atoms with Crippen LogP contribution in [0.3, 0.4) is 0 Å². The first-order valence-corrected chi connectivity index (χ1v) is 12.9. The summed E-state index contributed by atoms with van der Waals surface area (Å²) in [5, 5.41) is 5.79. The van der Waals surface area contributed by atoms with E-state index in [0.717, 1.165) is 28.3 Å². The number of hydrogen-bond donors (Lipinski definition) is 0. The molecule has 1 aromatic heterocycles. The van der Waals surface area contributed by atoms with Crippen molar-refractivity contribution in [2.45, 2.75) is 39.2 Å². The summed E-state index contributed by atoms with van der Waals surface area (Å²) in [6, 6.07) is 25.0. The number of nitrogens with zero attached hydrogens (tertiary/aromatic N) is 3. The number of hydrogen-bond acceptors (Lipinski definition) is 4. The number of ketones is 2. The lowest BCUT2D eigenvalue weighted by Gasteiger charge is -2.40. The average Bonchev–Trinajstić information content (AvgIpc) is 3.37. The van der Waals surface area contributed by atoms with Gasteiger partial charge in [-0.25, -0.2) is 4.68 Å². The van der Waals surface area contributed by atoms with Crippen molar-refractivity contribution in [2.75, 3.05) is 11.4 Å². The molecule has 0 N–H and O–H groups in total. The average molecular weight is 510 g/mol. The number of carbonyl (C=O) groups is 2. The molecule has 5 nitrogen and oxygen atoms in total. The maximum Gasteiger partial charge on any atom is 0.179 e. The van der Waals surface area contributed by atoms with Crippen LogP contribution in [-0.2, 0) is 18.4 Å². The fraction of sp³-hybridized carbons (Fsp3) is 0.258. The van der Waals surface area contributed by atoms with Crippen LogP contribution in [0.25, 0.3) is 5.69 Å². The van der Waals surface area contributed by atoms with Crippen LogP contribution in [0.15, 0.2) is 78.9 Å². The van der Waals surface area contributed by atoms with Gasteiger partial charge >= 0.3 is 0 Å². The molecular weight excluding hydrogens is 482 g/mol. The van der Waals surface area contributed by atoms with Crippen LogP contribution in [0.4, 0.5) is 5.82 Å². The first-order chi connectivity index (χ1) is 17.7. The summed E-state index contributed by atoms with van der Waals surface area (Å²) >= 11 is 6.17. The lowest BCUT2D eigenvalue weighted by atomic mass is 9.72. The second kappa shape index (κ2) is 8.42. The number of benzene rings is 3. The van der Waals surface area contributed by atoms with E-state index in [0.29, 0.717) is 29.1 Å². The second-order valence-electron chi connectivity index (χ2n) is 11.1. The zero-order valence-corrected chi connectivity index (χ0v) is 21.9. The lowest BCUT2D eigenvalue weighted by Crippen LogP contribution is -2.50. The van der Waals surface area contributed by atoms with Crippen molar-refractivity contribution in [1.29, 1.82) is 0 Å². The van der Waals surface area contributed by atoms with E-state index in [-0.39, 0.29) is 23.5 Å². The number of anilines is 1. The first-order valence-electron chi connectivity index (χ1n) is 12.5. The number of carbonyl (C=O) groups excluding carboxylic acids is 2. The van der Waals surface area contributed by atoms with Crippen molar-refractivity contribution in [3.63, 3.8) is 0 Å². The Morgan fingerprint density at radius 3 is 2.05 bits per heavy atom. The van der Waals surface area contributed by atoms with Gasteiger partial charge in [0, 0.05) is 40.2 Å². The largest absolute Gasteiger partial charge is 0.350 e. The first kappa shape index (κ1) is 23.7. The summed E-state index contributed by atoms with van der Waals surface area (Å²) in [5.41, 5.74) is 3.44.